The first-order valence-corrected chi connectivity index (χ1v) is 7.31. The summed E-state index contributed by atoms with van der Waals surface area (Å²) >= 11 is 0. The van der Waals surface area contributed by atoms with E-state index in [1.165, 1.54) is 6.26 Å². The van der Waals surface area contributed by atoms with Gasteiger partial charge in [-0.1, -0.05) is 0 Å². The van der Waals surface area contributed by atoms with Crippen molar-refractivity contribution in [1.29, 1.82) is 0 Å². The average molecular weight is 302 g/mol. The average Bonchev–Trinajstić information content (AvgIpc) is 3.19. The highest BCUT2D eigenvalue weighted by atomic mass is 16.5. The molecule has 1 fully saturated rings. The Bertz CT molecular complexity index is 629. The number of nitrogens with one attached hydrogen (secondary N) is 1. The summed E-state index contributed by atoms with van der Waals surface area (Å²) in [5.41, 5.74) is 0. The molecule has 0 aromatic carbocycles. The molecule has 0 aliphatic carbocycles. The number of ether oxygens (including phenoxy) is 1. The molecule has 22 heavy (non-hydrogen) atoms. The van der Waals surface area contributed by atoms with Gasteiger partial charge in [0.25, 0.3) is 11.8 Å². The SMILES string of the molecule is CCOc1nccnc1N1CCC(NC(=O)c2ccco2)C1. The first-order valence-electron chi connectivity index (χ1n) is 7.31. The van der Waals surface area contributed by atoms with Crippen molar-refractivity contribution in [2.75, 3.05) is 24.6 Å². The molecule has 0 bridgehead atoms. The lowest BCUT2D eigenvalue weighted by Crippen LogP contribution is -2.37. The third-order valence-electron chi connectivity index (χ3n) is 3.50. The third kappa shape index (κ3) is 3.03. The smallest absolute Gasteiger partial charge is 0.287 e. The van der Waals surface area contributed by atoms with Gasteiger partial charge < -0.3 is 19.4 Å². The van der Waals surface area contributed by atoms with Crippen LogP contribution in [-0.2, 0) is 0 Å². The molecule has 1 aliphatic heterocycles. The Hall–Kier alpha value is -2.57. The van der Waals surface area contributed by atoms with E-state index in [2.05, 4.69) is 20.2 Å². The molecule has 7 heteroatoms. The van der Waals surface area contributed by atoms with E-state index < -0.39 is 0 Å². The molecular formula is C15H18N4O3. The predicted molar refractivity (Wildman–Crippen MR) is 80.0 cm³/mol. The summed E-state index contributed by atoms with van der Waals surface area (Å²) < 4.78 is 10.6. The third-order valence-corrected chi connectivity index (χ3v) is 3.50. The Labute approximate surface area is 128 Å². The summed E-state index contributed by atoms with van der Waals surface area (Å²) in [6, 6.07) is 3.40. The summed E-state index contributed by atoms with van der Waals surface area (Å²) in [7, 11) is 0. The van der Waals surface area contributed by atoms with Gasteiger partial charge in [-0.05, 0) is 25.5 Å². The topological polar surface area (TPSA) is 80.5 Å². The monoisotopic (exact) mass is 302 g/mol. The van der Waals surface area contributed by atoms with Crippen molar-refractivity contribution in [3.63, 3.8) is 0 Å². The van der Waals surface area contributed by atoms with E-state index >= 15 is 0 Å². The van der Waals surface area contributed by atoms with Crippen molar-refractivity contribution in [2.24, 2.45) is 0 Å². The molecule has 116 valence electrons. The van der Waals surface area contributed by atoms with E-state index in [9.17, 15) is 4.79 Å². The first-order chi connectivity index (χ1) is 10.8. The maximum atomic E-state index is 12.0. The van der Waals surface area contributed by atoms with Crippen LogP contribution in [0.2, 0.25) is 0 Å². The minimum Gasteiger partial charge on any atom is -0.475 e. The Balaban J connectivity index is 1.64. The first kappa shape index (κ1) is 14.4. The summed E-state index contributed by atoms with van der Waals surface area (Å²) in [5.74, 6) is 1.39. The van der Waals surface area contributed by atoms with Crippen LogP contribution >= 0.6 is 0 Å². The number of rotatable bonds is 5. The van der Waals surface area contributed by atoms with Crippen LogP contribution < -0.4 is 15.0 Å². The molecule has 3 rings (SSSR count). The minimum absolute atomic E-state index is 0.0501. The molecule has 2 aromatic heterocycles. The van der Waals surface area contributed by atoms with Crippen molar-refractivity contribution < 1.29 is 13.9 Å². The number of nitrogens with zero attached hydrogens (tertiary/aromatic N) is 3. The fraction of sp³-hybridized carbons (Fsp3) is 0.400. The van der Waals surface area contributed by atoms with Gasteiger partial charge in [-0.3, -0.25) is 4.79 Å². The standard InChI is InChI=1S/C15H18N4O3/c1-2-21-15-13(16-6-7-17-15)19-8-5-11(10-19)18-14(20)12-4-3-9-22-12/h3-4,6-7,9,11H,2,5,8,10H2,1H3,(H,18,20). The molecule has 1 N–H and O–H groups in total. The zero-order chi connectivity index (χ0) is 15.4. The van der Waals surface area contributed by atoms with Crippen LogP contribution in [0, 0.1) is 0 Å². The lowest BCUT2D eigenvalue weighted by molar-refractivity contribution is 0.0912. The lowest BCUT2D eigenvalue weighted by Gasteiger charge is -2.19. The van der Waals surface area contributed by atoms with Crippen molar-refractivity contribution in [3.05, 3.63) is 36.5 Å². The molecule has 7 nitrogen and oxygen atoms in total. The zero-order valence-electron chi connectivity index (χ0n) is 12.4. The van der Waals surface area contributed by atoms with Crippen LogP contribution in [0.4, 0.5) is 5.82 Å². The largest absolute Gasteiger partial charge is 0.475 e. The number of carbonyl (C=O) groups excluding carboxylic acids is 1. The minimum atomic E-state index is -0.193. The quantitative estimate of drug-likeness (QED) is 0.901. The molecule has 0 saturated carbocycles. The van der Waals surface area contributed by atoms with Gasteiger partial charge in [0.1, 0.15) is 0 Å². The Morgan fingerprint density at radius 1 is 1.50 bits per heavy atom. The van der Waals surface area contributed by atoms with Crippen LogP contribution in [0.5, 0.6) is 5.88 Å². The maximum absolute atomic E-state index is 12.0. The molecule has 1 aliphatic rings. The molecule has 2 aromatic rings. The van der Waals surface area contributed by atoms with Crippen molar-refractivity contribution >= 4 is 11.7 Å². The number of aromatic nitrogens is 2. The summed E-state index contributed by atoms with van der Waals surface area (Å²) in [5, 5.41) is 2.97. The van der Waals surface area contributed by atoms with Crippen LogP contribution in [0.3, 0.4) is 0 Å². The fourth-order valence-electron chi connectivity index (χ4n) is 2.51. The normalized spacial score (nSPS) is 17.5. The zero-order valence-corrected chi connectivity index (χ0v) is 12.4. The van der Waals surface area contributed by atoms with Crippen molar-refractivity contribution in [2.45, 2.75) is 19.4 Å². The Morgan fingerprint density at radius 3 is 3.14 bits per heavy atom. The van der Waals surface area contributed by atoms with Gasteiger partial charge in [0.15, 0.2) is 11.6 Å². The van der Waals surface area contributed by atoms with Gasteiger partial charge >= 0.3 is 0 Å². The van der Waals surface area contributed by atoms with Gasteiger partial charge in [-0.2, -0.15) is 0 Å². The van der Waals surface area contributed by atoms with Crippen LogP contribution in [0.15, 0.2) is 35.2 Å². The van der Waals surface area contributed by atoms with E-state index in [0.29, 0.717) is 24.8 Å². The van der Waals surface area contributed by atoms with Crippen LogP contribution in [0.1, 0.15) is 23.9 Å². The van der Waals surface area contributed by atoms with E-state index in [4.69, 9.17) is 9.15 Å². The maximum Gasteiger partial charge on any atom is 0.287 e. The second-order valence-electron chi connectivity index (χ2n) is 5.00. The van der Waals surface area contributed by atoms with Crippen molar-refractivity contribution in [1.82, 2.24) is 15.3 Å². The number of hydrogen-bond acceptors (Lipinski definition) is 6. The highest BCUT2D eigenvalue weighted by Gasteiger charge is 2.27. The van der Waals surface area contributed by atoms with E-state index in [1.54, 1.807) is 24.5 Å². The van der Waals surface area contributed by atoms with Gasteiger partial charge in [0, 0.05) is 31.5 Å². The van der Waals surface area contributed by atoms with Crippen molar-refractivity contribution in [3.8, 4) is 5.88 Å². The van der Waals surface area contributed by atoms with Crippen LogP contribution in [-0.4, -0.2) is 41.6 Å². The van der Waals surface area contributed by atoms with Gasteiger partial charge in [-0.15, -0.1) is 0 Å². The highest BCUT2D eigenvalue weighted by Crippen LogP contribution is 2.26. The van der Waals surface area contributed by atoms with E-state index in [-0.39, 0.29) is 11.9 Å². The van der Waals surface area contributed by atoms with Gasteiger partial charge in [0.05, 0.1) is 12.9 Å². The number of carbonyl (C=O) groups is 1. The second-order valence-corrected chi connectivity index (χ2v) is 5.00. The fourth-order valence-corrected chi connectivity index (χ4v) is 2.51. The molecule has 3 heterocycles. The number of anilines is 1. The second kappa shape index (κ2) is 6.46. The summed E-state index contributed by atoms with van der Waals surface area (Å²) in [6.45, 7) is 3.92. The number of amides is 1. The predicted octanol–water partition coefficient (Wildman–Crippen LogP) is 1.48. The summed E-state index contributed by atoms with van der Waals surface area (Å²) in [6.07, 6.45) is 5.59. The molecule has 1 unspecified atom stereocenters. The lowest BCUT2D eigenvalue weighted by atomic mass is 10.2. The molecule has 0 radical (unpaired) electrons. The van der Waals surface area contributed by atoms with E-state index in [1.807, 2.05) is 6.92 Å². The molecular weight excluding hydrogens is 284 g/mol. The Kier molecular flexibility index (Phi) is 4.22. The number of hydrogen-bond donors (Lipinski definition) is 1. The summed E-state index contributed by atoms with van der Waals surface area (Å²) in [4.78, 5) is 22.6. The van der Waals surface area contributed by atoms with Crippen LogP contribution in [0.25, 0.3) is 0 Å². The van der Waals surface area contributed by atoms with Gasteiger partial charge in [-0.25, -0.2) is 9.97 Å². The molecule has 0 spiro atoms. The molecule has 1 amide bonds. The Morgan fingerprint density at radius 2 is 2.36 bits per heavy atom. The highest BCUT2D eigenvalue weighted by molar-refractivity contribution is 5.91. The molecule has 1 saturated heterocycles. The number of furan rings is 1. The van der Waals surface area contributed by atoms with Gasteiger partial charge in [0.2, 0.25) is 0 Å². The molecule has 1 atom stereocenters. The van der Waals surface area contributed by atoms with E-state index in [0.717, 1.165) is 18.8 Å².